The summed E-state index contributed by atoms with van der Waals surface area (Å²) in [5.41, 5.74) is 3.77. The van der Waals surface area contributed by atoms with Gasteiger partial charge in [0.15, 0.2) is 11.6 Å². The van der Waals surface area contributed by atoms with Crippen LogP contribution in [0.3, 0.4) is 0 Å². The molecule has 0 spiro atoms. The topological polar surface area (TPSA) is 46.2 Å². The summed E-state index contributed by atoms with van der Waals surface area (Å²) in [4.78, 5) is 26.3. The maximum absolute atomic E-state index is 13.9. The Morgan fingerprint density at radius 3 is 1.89 bits per heavy atom. The number of allylic oxidation sites excluding steroid dienone is 4. The Morgan fingerprint density at radius 2 is 1.43 bits per heavy atom. The number of halogens is 2. The Bertz CT molecular complexity index is 919. The van der Waals surface area contributed by atoms with Gasteiger partial charge in [0.2, 0.25) is 0 Å². The lowest BCUT2D eigenvalue weighted by Gasteiger charge is -2.44. The van der Waals surface area contributed by atoms with Crippen molar-refractivity contribution in [3.05, 3.63) is 56.6 Å². The van der Waals surface area contributed by atoms with E-state index in [2.05, 4.69) is 48.9 Å². The lowest BCUT2D eigenvalue weighted by Crippen LogP contribution is -2.42. The average Bonchev–Trinajstić information content (AvgIpc) is 2.53. The Morgan fingerprint density at radius 1 is 0.929 bits per heavy atom. The standard InChI is InChI=1S/C23H25BrFNO2/c1-22(2)8-15-20(17(27)10-22)19(12-5-6-14(25)13(24)7-12)21-16(26-15)9-23(3,4)11-18(21)28/h5-7,19,26H,8-11H2,1-4H3. The van der Waals surface area contributed by atoms with Gasteiger partial charge in [-0.25, -0.2) is 4.39 Å². The highest BCUT2D eigenvalue weighted by molar-refractivity contribution is 9.10. The van der Waals surface area contributed by atoms with E-state index in [9.17, 15) is 14.0 Å². The molecule has 28 heavy (non-hydrogen) atoms. The van der Waals surface area contributed by atoms with Gasteiger partial charge < -0.3 is 5.32 Å². The van der Waals surface area contributed by atoms with Crippen LogP contribution in [0, 0.1) is 16.6 Å². The molecule has 3 aliphatic rings. The number of dihydropyridines is 1. The summed E-state index contributed by atoms with van der Waals surface area (Å²) < 4.78 is 14.2. The number of nitrogens with one attached hydrogen (secondary N) is 1. The molecule has 148 valence electrons. The van der Waals surface area contributed by atoms with Gasteiger partial charge in [0.1, 0.15) is 5.82 Å². The van der Waals surface area contributed by atoms with E-state index in [0.717, 1.165) is 29.8 Å². The third kappa shape index (κ3) is 3.28. The third-order valence-electron chi connectivity index (χ3n) is 6.00. The number of Topliss-reactive ketones (excluding diaryl/α,β-unsaturated/α-hetero) is 2. The van der Waals surface area contributed by atoms with Crippen LogP contribution in [0.25, 0.3) is 0 Å². The van der Waals surface area contributed by atoms with Gasteiger partial charge in [0, 0.05) is 41.3 Å². The second kappa shape index (κ2) is 6.38. The highest BCUT2D eigenvalue weighted by atomic mass is 79.9. The lowest BCUT2D eigenvalue weighted by molar-refractivity contribution is -0.119. The minimum absolute atomic E-state index is 0.0772. The molecule has 2 aliphatic carbocycles. The molecule has 1 aromatic rings. The fourth-order valence-corrected chi connectivity index (χ4v) is 5.31. The second-order valence-electron chi connectivity index (χ2n) is 9.90. The molecule has 0 saturated heterocycles. The predicted octanol–water partition coefficient (Wildman–Crippen LogP) is 5.56. The van der Waals surface area contributed by atoms with Gasteiger partial charge in [0.25, 0.3) is 0 Å². The summed E-state index contributed by atoms with van der Waals surface area (Å²) in [6.45, 7) is 8.39. The van der Waals surface area contributed by atoms with Crippen LogP contribution >= 0.6 is 15.9 Å². The maximum atomic E-state index is 13.9. The van der Waals surface area contributed by atoms with Crippen molar-refractivity contribution in [1.82, 2.24) is 5.32 Å². The van der Waals surface area contributed by atoms with Crippen LogP contribution in [0.5, 0.6) is 0 Å². The Hall–Kier alpha value is -1.75. The molecule has 0 fully saturated rings. The lowest BCUT2D eigenvalue weighted by atomic mass is 9.64. The molecular formula is C23H25BrFNO2. The fraction of sp³-hybridized carbons (Fsp3) is 0.478. The van der Waals surface area contributed by atoms with Gasteiger partial charge in [-0.3, -0.25) is 9.59 Å². The molecule has 1 aliphatic heterocycles. The number of ketones is 2. The molecule has 1 N–H and O–H groups in total. The predicted molar refractivity (Wildman–Crippen MR) is 110 cm³/mol. The summed E-state index contributed by atoms with van der Waals surface area (Å²) in [7, 11) is 0. The molecule has 1 aromatic carbocycles. The number of benzene rings is 1. The molecule has 5 heteroatoms. The van der Waals surface area contributed by atoms with E-state index in [4.69, 9.17) is 0 Å². The molecular weight excluding hydrogens is 421 g/mol. The summed E-state index contributed by atoms with van der Waals surface area (Å²) in [6, 6.07) is 4.81. The van der Waals surface area contributed by atoms with Gasteiger partial charge in [0.05, 0.1) is 4.47 Å². The smallest absolute Gasteiger partial charge is 0.162 e. The molecule has 0 amide bonds. The highest BCUT2D eigenvalue weighted by Crippen LogP contribution is 2.51. The van der Waals surface area contributed by atoms with Crippen LogP contribution in [0.2, 0.25) is 0 Å². The zero-order valence-corrected chi connectivity index (χ0v) is 18.3. The maximum Gasteiger partial charge on any atom is 0.162 e. The Kier molecular flexibility index (Phi) is 4.46. The fourth-order valence-electron chi connectivity index (χ4n) is 4.91. The van der Waals surface area contributed by atoms with Crippen molar-refractivity contribution in [3.63, 3.8) is 0 Å². The summed E-state index contributed by atoms with van der Waals surface area (Å²) in [5.74, 6) is -0.620. The first-order chi connectivity index (χ1) is 13.0. The van der Waals surface area contributed by atoms with Gasteiger partial charge in [-0.1, -0.05) is 33.8 Å². The first kappa shape index (κ1) is 19.6. The van der Waals surface area contributed by atoms with Crippen LogP contribution in [0.1, 0.15) is 64.9 Å². The van der Waals surface area contributed by atoms with Crippen LogP contribution in [-0.2, 0) is 9.59 Å². The van der Waals surface area contributed by atoms with E-state index >= 15 is 0 Å². The molecule has 4 rings (SSSR count). The van der Waals surface area contributed by atoms with E-state index in [0.29, 0.717) is 28.5 Å². The minimum atomic E-state index is -0.421. The van der Waals surface area contributed by atoms with Crippen molar-refractivity contribution in [2.75, 3.05) is 0 Å². The quantitative estimate of drug-likeness (QED) is 0.614. The van der Waals surface area contributed by atoms with Gasteiger partial charge >= 0.3 is 0 Å². The van der Waals surface area contributed by atoms with Crippen LogP contribution in [0.15, 0.2) is 45.2 Å². The van der Waals surface area contributed by atoms with E-state index < -0.39 is 5.92 Å². The van der Waals surface area contributed by atoms with Crippen molar-refractivity contribution >= 4 is 27.5 Å². The summed E-state index contributed by atoms with van der Waals surface area (Å²) in [6.07, 6.45) is 2.43. The summed E-state index contributed by atoms with van der Waals surface area (Å²) >= 11 is 3.26. The van der Waals surface area contributed by atoms with Crippen LogP contribution in [0.4, 0.5) is 4.39 Å². The number of carbonyl (C=O) groups excluding carboxylic acids is 2. The first-order valence-electron chi connectivity index (χ1n) is 9.72. The van der Waals surface area contributed by atoms with Crippen molar-refractivity contribution in [1.29, 1.82) is 0 Å². The van der Waals surface area contributed by atoms with Crippen molar-refractivity contribution in [2.24, 2.45) is 10.8 Å². The van der Waals surface area contributed by atoms with Gasteiger partial charge in [-0.05, 0) is 57.3 Å². The molecule has 0 atom stereocenters. The molecule has 0 bridgehead atoms. The normalized spacial score (nSPS) is 24.1. The molecule has 1 heterocycles. The number of carbonyl (C=O) groups is 2. The van der Waals surface area contributed by atoms with E-state index in [-0.39, 0.29) is 28.2 Å². The molecule has 3 nitrogen and oxygen atoms in total. The average molecular weight is 446 g/mol. The monoisotopic (exact) mass is 445 g/mol. The SMILES string of the molecule is CC1(C)CC(=O)C2=C(C1)NC1=C(C(=O)CC(C)(C)C1)C2c1ccc(F)c(Br)c1. The zero-order valence-electron chi connectivity index (χ0n) is 16.7. The molecule has 0 aromatic heterocycles. The van der Waals surface area contributed by atoms with Crippen LogP contribution < -0.4 is 5.32 Å². The first-order valence-corrected chi connectivity index (χ1v) is 10.5. The van der Waals surface area contributed by atoms with E-state index in [1.165, 1.54) is 6.07 Å². The van der Waals surface area contributed by atoms with Crippen molar-refractivity contribution in [3.8, 4) is 0 Å². The number of hydrogen-bond acceptors (Lipinski definition) is 3. The Labute approximate surface area is 173 Å². The highest BCUT2D eigenvalue weighted by Gasteiger charge is 2.46. The van der Waals surface area contributed by atoms with Gasteiger partial charge in [-0.15, -0.1) is 0 Å². The van der Waals surface area contributed by atoms with Crippen molar-refractivity contribution < 1.29 is 14.0 Å². The summed E-state index contributed by atoms with van der Waals surface area (Å²) in [5, 5.41) is 3.49. The molecule has 0 radical (unpaired) electrons. The largest absolute Gasteiger partial charge is 0.362 e. The number of rotatable bonds is 1. The third-order valence-corrected chi connectivity index (χ3v) is 6.60. The number of hydrogen-bond donors (Lipinski definition) is 1. The van der Waals surface area contributed by atoms with Crippen LogP contribution in [-0.4, -0.2) is 11.6 Å². The molecule has 0 unspecified atom stereocenters. The zero-order chi connectivity index (χ0) is 20.4. The minimum Gasteiger partial charge on any atom is -0.362 e. The second-order valence-corrected chi connectivity index (χ2v) is 10.8. The van der Waals surface area contributed by atoms with Crippen molar-refractivity contribution in [2.45, 2.75) is 59.3 Å². The van der Waals surface area contributed by atoms with E-state index in [1.807, 2.05) is 0 Å². The van der Waals surface area contributed by atoms with Gasteiger partial charge in [-0.2, -0.15) is 0 Å². The molecule has 0 saturated carbocycles. The van der Waals surface area contributed by atoms with E-state index in [1.54, 1.807) is 12.1 Å². The Balaban J connectivity index is 1.93.